The lowest BCUT2D eigenvalue weighted by molar-refractivity contribution is 0.423. The zero-order chi connectivity index (χ0) is 41.9. The van der Waals surface area contributed by atoms with Gasteiger partial charge in [0.05, 0.1) is 11.1 Å². The first-order valence-electron chi connectivity index (χ1n) is 21.6. The van der Waals surface area contributed by atoms with Crippen LogP contribution in [0.3, 0.4) is 0 Å². The average molecular weight is 783 g/mol. The minimum atomic E-state index is -0.384. The van der Waals surface area contributed by atoms with Gasteiger partial charge in [-0.1, -0.05) is 188 Å². The van der Waals surface area contributed by atoms with Crippen molar-refractivity contribution in [2.24, 2.45) is 17.6 Å². The molecule has 3 unspecified atom stereocenters. The Bertz CT molecular complexity index is 2590. The lowest BCUT2D eigenvalue weighted by Crippen LogP contribution is -2.37. The van der Waals surface area contributed by atoms with Gasteiger partial charge >= 0.3 is 0 Å². The van der Waals surface area contributed by atoms with Crippen LogP contribution >= 0.6 is 0 Å². The molecule has 2 heteroatoms. The molecule has 5 aromatic rings. The van der Waals surface area contributed by atoms with Crippen LogP contribution in [0, 0.1) is 11.8 Å². The Morgan fingerprint density at radius 1 is 0.700 bits per heavy atom. The molecule has 0 saturated carbocycles. The SMILES string of the molecule is C/C=C\C.C/C=C\C(=C/N)C1(c2ccccc2)C2=C(CCC=C2)C2C=CC(c3ccc(-c4c5ccccc5c(C5=CCCC=C5)c5ccccc45)nc3)=CC21.C=C/C=C\C. The predicted octanol–water partition coefficient (Wildman–Crippen LogP) is 15.3. The van der Waals surface area contributed by atoms with Crippen molar-refractivity contribution in [2.75, 3.05) is 0 Å². The van der Waals surface area contributed by atoms with Gasteiger partial charge in [0.1, 0.15) is 0 Å². The Hall–Kier alpha value is -6.51. The fourth-order valence-corrected chi connectivity index (χ4v) is 9.62. The Morgan fingerprint density at radius 3 is 1.92 bits per heavy atom. The molecular formula is C58H58N2. The summed E-state index contributed by atoms with van der Waals surface area (Å²) in [6, 6.07) is 33.2. The van der Waals surface area contributed by atoms with E-state index in [0.717, 1.165) is 42.5 Å². The Kier molecular flexibility index (Phi) is 13.5. The highest BCUT2D eigenvalue weighted by Crippen LogP contribution is 2.61. The van der Waals surface area contributed by atoms with Gasteiger partial charge in [0.2, 0.25) is 0 Å². The standard InChI is InChI=1S/C49H42N2.C5H8.C4H8/c1-2-15-37(31-50)49(36-18-7-4-8-19-36)44-25-14-13-20-38(44)39-28-26-34(30-45(39)49)35-27-29-46(51-32-35)48-42-23-11-9-21-40(42)47(33-16-5-3-6-17-33)41-22-10-12-24-43(41)48;1-3-5-4-2;1-3-4-2/h2,4-5,7-12,14-19,21-32,39,45H,3,6,13,20,50H2,1H3;3-5H,1H2,2H3;3-4H,1-2H3/b15-2-,37-31+;5-4-;4-3-. The van der Waals surface area contributed by atoms with Crippen molar-refractivity contribution in [1.29, 1.82) is 0 Å². The second kappa shape index (κ2) is 19.5. The number of benzene rings is 4. The number of nitrogens with two attached hydrogens (primary N) is 1. The van der Waals surface area contributed by atoms with Gasteiger partial charge in [-0.2, -0.15) is 0 Å². The first-order chi connectivity index (χ1) is 29.6. The van der Waals surface area contributed by atoms with Gasteiger partial charge < -0.3 is 5.73 Å². The van der Waals surface area contributed by atoms with Crippen molar-refractivity contribution < 1.29 is 0 Å². The van der Waals surface area contributed by atoms with E-state index in [0.29, 0.717) is 5.92 Å². The van der Waals surface area contributed by atoms with Crippen molar-refractivity contribution in [2.45, 2.75) is 58.8 Å². The molecule has 3 atom stereocenters. The fraction of sp³-hybridized carbons (Fsp3) is 0.190. The van der Waals surface area contributed by atoms with Gasteiger partial charge in [0.15, 0.2) is 0 Å². The number of allylic oxidation sites excluding steroid dienone is 20. The van der Waals surface area contributed by atoms with Gasteiger partial charge in [-0.05, 0) is 126 Å². The van der Waals surface area contributed by atoms with Gasteiger partial charge in [0.25, 0.3) is 0 Å². The monoisotopic (exact) mass is 782 g/mol. The third-order valence-corrected chi connectivity index (χ3v) is 12.2. The maximum Gasteiger partial charge on any atom is 0.0714 e. The molecule has 1 aromatic heterocycles. The molecule has 0 radical (unpaired) electrons. The van der Waals surface area contributed by atoms with Crippen LogP contribution in [-0.4, -0.2) is 4.98 Å². The van der Waals surface area contributed by atoms with Crippen LogP contribution in [0.5, 0.6) is 0 Å². The third kappa shape index (κ3) is 7.83. The number of hydrogen-bond donors (Lipinski definition) is 1. The van der Waals surface area contributed by atoms with E-state index in [1.807, 2.05) is 51.3 Å². The summed E-state index contributed by atoms with van der Waals surface area (Å²) in [5, 5.41) is 5.01. The van der Waals surface area contributed by atoms with E-state index >= 15 is 0 Å². The molecule has 4 aromatic carbocycles. The fourth-order valence-electron chi connectivity index (χ4n) is 9.62. The molecule has 4 aliphatic carbocycles. The van der Waals surface area contributed by atoms with Crippen LogP contribution < -0.4 is 5.73 Å². The summed E-state index contributed by atoms with van der Waals surface area (Å²) in [6.07, 6.45) is 41.2. The highest BCUT2D eigenvalue weighted by molar-refractivity contribution is 6.19. The van der Waals surface area contributed by atoms with E-state index in [2.05, 4.69) is 171 Å². The predicted molar refractivity (Wildman–Crippen MR) is 261 cm³/mol. The highest BCUT2D eigenvalue weighted by Gasteiger charge is 2.54. The maximum atomic E-state index is 6.54. The second-order valence-electron chi connectivity index (χ2n) is 15.5. The summed E-state index contributed by atoms with van der Waals surface area (Å²) < 4.78 is 0. The quantitative estimate of drug-likeness (QED) is 0.101. The normalized spacial score (nSPS) is 20.8. The minimum absolute atomic E-state index is 0.182. The molecule has 2 N–H and O–H groups in total. The van der Waals surface area contributed by atoms with E-state index in [4.69, 9.17) is 10.7 Å². The first-order valence-corrected chi connectivity index (χ1v) is 21.6. The summed E-state index contributed by atoms with van der Waals surface area (Å²) in [7, 11) is 0. The van der Waals surface area contributed by atoms with Crippen LogP contribution in [0.15, 0.2) is 218 Å². The molecule has 0 saturated heterocycles. The van der Waals surface area contributed by atoms with E-state index in [1.54, 1.807) is 6.08 Å². The molecular weight excluding hydrogens is 725 g/mol. The van der Waals surface area contributed by atoms with E-state index < -0.39 is 0 Å². The van der Waals surface area contributed by atoms with Crippen LogP contribution in [0.2, 0.25) is 0 Å². The lowest BCUT2D eigenvalue weighted by atomic mass is 9.61. The van der Waals surface area contributed by atoms with Gasteiger partial charge in [-0.3, -0.25) is 4.98 Å². The van der Waals surface area contributed by atoms with Crippen molar-refractivity contribution in [3.8, 4) is 11.3 Å². The smallest absolute Gasteiger partial charge is 0.0714 e. The average Bonchev–Trinajstić information content (AvgIpc) is 3.61. The van der Waals surface area contributed by atoms with Gasteiger partial charge in [0, 0.05) is 23.6 Å². The topological polar surface area (TPSA) is 38.9 Å². The van der Waals surface area contributed by atoms with Crippen LogP contribution in [0.25, 0.3) is 43.9 Å². The number of pyridine rings is 1. The summed E-state index contributed by atoms with van der Waals surface area (Å²) >= 11 is 0. The summed E-state index contributed by atoms with van der Waals surface area (Å²) in [5.74, 6) is 0.494. The summed E-state index contributed by atoms with van der Waals surface area (Å²) in [4.78, 5) is 5.23. The van der Waals surface area contributed by atoms with E-state index in [1.165, 1.54) is 60.5 Å². The van der Waals surface area contributed by atoms with Crippen molar-refractivity contribution >= 4 is 32.7 Å². The van der Waals surface area contributed by atoms with Gasteiger partial charge in [-0.15, -0.1) is 0 Å². The lowest BCUT2D eigenvalue weighted by Gasteiger charge is -2.41. The highest BCUT2D eigenvalue weighted by atomic mass is 14.7. The summed E-state index contributed by atoms with van der Waals surface area (Å²) in [5.41, 5.74) is 18.7. The van der Waals surface area contributed by atoms with Crippen LogP contribution in [0.1, 0.15) is 70.1 Å². The molecule has 9 rings (SSSR count). The van der Waals surface area contributed by atoms with Crippen molar-refractivity contribution in [1.82, 2.24) is 4.98 Å². The maximum absolute atomic E-state index is 6.54. The second-order valence-corrected chi connectivity index (χ2v) is 15.5. The Balaban J connectivity index is 0.000000551. The largest absolute Gasteiger partial charge is 0.404 e. The van der Waals surface area contributed by atoms with Crippen molar-refractivity contribution in [3.63, 3.8) is 0 Å². The molecule has 1 heterocycles. The molecule has 4 aliphatic rings. The third-order valence-electron chi connectivity index (χ3n) is 12.2. The summed E-state index contributed by atoms with van der Waals surface area (Å²) in [6.45, 7) is 11.5. The molecule has 0 bridgehead atoms. The molecule has 2 nitrogen and oxygen atoms in total. The molecule has 60 heavy (non-hydrogen) atoms. The Labute approximate surface area is 358 Å². The van der Waals surface area contributed by atoms with E-state index in [9.17, 15) is 0 Å². The molecule has 0 aliphatic heterocycles. The number of hydrogen-bond acceptors (Lipinski definition) is 2. The molecule has 0 amide bonds. The van der Waals surface area contributed by atoms with Crippen LogP contribution in [-0.2, 0) is 5.41 Å². The molecule has 0 fully saturated rings. The minimum Gasteiger partial charge on any atom is -0.404 e. The van der Waals surface area contributed by atoms with Crippen LogP contribution in [0.4, 0.5) is 0 Å². The van der Waals surface area contributed by atoms with Gasteiger partial charge in [-0.25, -0.2) is 0 Å². The zero-order valence-electron chi connectivity index (χ0n) is 35.7. The zero-order valence-corrected chi connectivity index (χ0v) is 35.7. The Morgan fingerprint density at radius 2 is 1.37 bits per heavy atom. The number of fused-ring (bicyclic) bond motifs is 4. The number of rotatable bonds is 7. The first kappa shape index (κ1) is 41.6. The molecule has 300 valence electrons. The number of nitrogens with zero attached hydrogens (tertiary/aromatic N) is 1. The van der Waals surface area contributed by atoms with E-state index in [-0.39, 0.29) is 11.3 Å². The number of aromatic nitrogens is 1. The molecule has 0 spiro atoms. The van der Waals surface area contributed by atoms with Crippen molar-refractivity contribution in [3.05, 3.63) is 235 Å².